The Morgan fingerprint density at radius 2 is 2.50 bits per heavy atom. The minimum atomic E-state index is -0.495. The zero-order valence-corrected chi connectivity index (χ0v) is 8.24. The smallest absolute Gasteiger partial charge is 0.135 e. The fourth-order valence-electron chi connectivity index (χ4n) is 1.40. The Morgan fingerprint density at radius 3 is 3.25 bits per heavy atom. The number of hydrogen-bond acceptors (Lipinski definition) is 3. The molecular formula is C8H9BrN2O. The summed E-state index contributed by atoms with van der Waals surface area (Å²) in [4.78, 5) is 6.06. The van der Waals surface area contributed by atoms with E-state index in [-0.39, 0.29) is 0 Å². The van der Waals surface area contributed by atoms with E-state index in [1.807, 2.05) is 18.0 Å². The molecule has 1 unspecified atom stereocenters. The molecule has 0 aromatic carbocycles. The van der Waals surface area contributed by atoms with Gasteiger partial charge in [-0.15, -0.1) is 0 Å². The van der Waals surface area contributed by atoms with Crippen molar-refractivity contribution in [3.63, 3.8) is 0 Å². The average molecular weight is 229 g/mol. The second kappa shape index (κ2) is 2.80. The van der Waals surface area contributed by atoms with E-state index >= 15 is 0 Å². The van der Waals surface area contributed by atoms with Gasteiger partial charge < -0.3 is 5.11 Å². The Labute approximate surface area is 79.2 Å². The number of aromatic nitrogens is 1. The first-order chi connectivity index (χ1) is 5.68. The van der Waals surface area contributed by atoms with E-state index < -0.39 is 6.23 Å². The Bertz CT molecular complexity index is 316. The van der Waals surface area contributed by atoms with E-state index in [2.05, 4.69) is 20.9 Å². The summed E-state index contributed by atoms with van der Waals surface area (Å²) in [6, 6.07) is 1.91. The zero-order chi connectivity index (χ0) is 8.72. The van der Waals surface area contributed by atoms with Crippen LogP contribution in [0.15, 0.2) is 16.7 Å². The van der Waals surface area contributed by atoms with Gasteiger partial charge in [0, 0.05) is 22.8 Å². The molecule has 1 aliphatic rings. The molecule has 0 spiro atoms. The molecule has 0 bridgehead atoms. The number of pyridine rings is 1. The average Bonchev–Trinajstić information content (AvgIpc) is 2.31. The molecule has 2 heterocycles. The quantitative estimate of drug-likeness (QED) is 0.727. The summed E-state index contributed by atoms with van der Waals surface area (Å²) in [6.07, 6.45) is 1.26. The predicted molar refractivity (Wildman–Crippen MR) is 48.4 cm³/mol. The molecule has 12 heavy (non-hydrogen) atoms. The Kier molecular flexibility index (Phi) is 1.90. The van der Waals surface area contributed by atoms with Crippen LogP contribution in [0.25, 0.3) is 0 Å². The van der Waals surface area contributed by atoms with Crippen LogP contribution in [0.1, 0.15) is 17.5 Å². The van der Waals surface area contributed by atoms with Gasteiger partial charge in [-0.3, -0.25) is 9.88 Å². The van der Waals surface area contributed by atoms with Crippen molar-refractivity contribution in [2.24, 2.45) is 0 Å². The van der Waals surface area contributed by atoms with Gasteiger partial charge in [0.05, 0.1) is 5.69 Å². The molecule has 0 saturated carbocycles. The highest BCUT2D eigenvalue weighted by molar-refractivity contribution is 9.10. The zero-order valence-electron chi connectivity index (χ0n) is 6.66. The fourth-order valence-corrected chi connectivity index (χ4v) is 1.75. The molecule has 1 aliphatic heterocycles. The maximum absolute atomic E-state index is 9.64. The van der Waals surface area contributed by atoms with Crippen LogP contribution in [-0.2, 0) is 6.54 Å². The Hall–Kier alpha value is -0.450. The van der Waals surface area contributed by atoms with Crippen LogP contribution >= 0.6 is 15.9 Å². The number of aliphatic hydroxyl groups is 1. The van der Waals surface area contributed by atoms with Crippen LogP contribution in [0, 0.1) is 0 Å². The van der Waals surface area contributed by atoms with Crippen molar-refractivity contribution in [3.8, 4) is 0 Å². The number of fused-ring (bicyclic) bond motifs is 1. The molecule has 0 amide bonds. The molecule has 3 nitrogen and oxygen atoms in total. The van der Waals surface area contributed by atoms with Gasteiger partial charge in [0.1, 0.15) is 6.23 Å². The van der Waals surface area contributed by atoms with Crippen molar-refractivity contribution >= 4 is 15.9 Å². The van der Waals surface area contributed by atoms with Gasteiger partial charge in [-0.25, -0.2) is 0 Å². The van der Waals surface area contributed by atoms with Gasteiger partial charge in [0.15, 0.2) is 0 Å². The van der Waals surface area contributed by atoms with E-state index in [4.69, 9.17) is 0 Å². The minimum Gasteiger partial charge on any atom is -0.374 e. The number of hydrogen-bond donors (Lipinski definition) is 1. The molecule has 1 N–H and O–H groups in total. The van der Waals surface area contributed by atoms with Gasteiger partial charge in [0.2, 0.25) is 0 Å². The summed E-state index contributed by atoms with van der Waals surface area (Å²) < 4.78 is 0.913. The summed E-state index contributed by atoms with van der Waals surface area (Å²) in [7, 11) is 1.88. The van der Waals surface area contributed by atoms with Gasteiger partial charge in [-0.1, -0.05) is 0 Å². The van der Waals surface area contributed by atoms with Crippen molar-refractivity contribution in [3.05, 3.63) is 28.0 Å². The Morgan fingerprint density at radius 1 is 1.75 bits per heavy atom. The highest BCUT2D eigenvalue weighted by Gasteiger charge is 2.26. The van der Waals surface area contributed by atoms with Crippen LogP contribution in [0.5, 0.6) is 0 Å². The lowest BCUT2D eigenvalue weighted by molar-refractivity contribution is 0.0336. The molecule has 2 rings (SSSR count). The van der Waals surface area contributed by atoms with E-state index in [1.165, 1.54) is 0 Å². The van der Waals surface area contributed by atoms with Crippen molar-refractivity contribution in [1.82, 2.24) is 9.88 Å². The third kappa shape index (κ3) is 1.16. The number of halogens is 1. The van der Waals surface area contributed by atoms with E-state index in [0.29, 0.717) is 0 Å². The molecule has 1 atom stereocenters. The van der Waals surface area contributed by atoms with Crippen LogP contribution in [0.4, 0.5) is 0 Å². The molecule has 0 saturated heterocycles. The molecule has 0 aliphatic carbocycles. The van der Waals surface area contributed by atoms with Crippen molar-refractivity contribution in [2.75, 3.05) is 7.05 Å². The number of nitrogens with zero attached hydrogens (tertiary/aromatic N) is 2. The van der Waals surface area contributed by atoms with E-state index in [0.717, 1.165) is 22.3 Å². The number of aliphatic hydroxyl groups excluding tert-OH is 1. The third-order valence-corrected chi connectivity index (χ3v) is 2.50. The van der Waals surface area contributed by atoms with Crippen LogP contribution in [0.3, 0.4) is 0 Å². The lowest BCUT2D eigenvalue weighted by atomic mass is 10.2. The standard InChI is InChI=1S/C8H9BrN2O/c1-11-4-7-6(8(11)12)2-5(9)3-10-7/h2-3,8,12H,4H2,1H3. The van der Waals surface area contributed by atoms with Crippen LogP contribution < -0.4 is 0 Å². The lowest BCUT2D eigenvalue weighted by Gasteiger charge is -2.12. The molecular weight excluding hydrogens is 220 g/mol. The molecule has 1 aromatic rings. The lowest BCUT2D eigenvalue weighted by Crippen LogP contribution is -2.15. The SMILES string of the molecule is CN1Cc2ncc(Br)cc2C1O. The second-order valence-corrected chi connectivity index (χ2v) is 3.89. The summed E-state index contributed by atoms with van der Waals surface area (Å²) in [6.45, 7) is 0.726. The molecule has 0 radical (unpaired) electrons. The van der Waals surface area contributed by atoms with E-state index in [9.17, 15) is 5.11 Å². The van der Waals surface area contributed by atoms with Crippen molar-refractivity contribution < 1.29 is 5.11 Å². The highest BCUT2D eigenvalue weighted by Crippen LogP contribution is 2.30. The number of rotatable bonds is 0. The highest BCUT2D eigenvalue weighted by atomic mass is 79.9. The minimum absolute atomic E-state index is 0.495. The fraction of sp³-hybridized carbons (Fsp3) is 0.375. The largest absolute Gasteiger partial charge is 0.374 e. The third-order valence-electron chi connectivity index (χ3n) is 2.07. The van der Waals surface area contributed by atoms with E-state index in [1.54, 1.807) is 6.20 Å². The van der Waals surface area contributed by atoms with Gasteiger partial charge in [-0.2, -0.15) is 0 Å². The maximum Gasteiger partial charge on any atom is 0.135 e. The van der Waals surface area contributed by atoms with Crippen LogP contribution in [0.2, 0.25) is 0 Å². The molecule has 0 fully saturated rings. The summed E-state index contributed by atoms with van der Waals surface area (Å²) in [5.74, 6) is 0. The first-order valence-corrected chi connectivity index (χ1v) is 4.50. The second-order valence-electron chi connectivity index (χ2n) is 2.98. The van der Waals surface area contributed by atoms with Gasteiger partial charge in [-0.05, 0) is 29.0 Å². The first-order valence-electron chi connectivity index (χ1n) is 3.71. The Balaban J connectivity index is 2.48. The maximum atomic E-state index is 9.64. The predicted octanol–water partition coefficient (Wildman–Crippen LogP) is 1.28. The molecule has 64 valence electrons. The topological polar surface area (TPSA) is 36.4 Å². The summed E-state index contributed by atoms with van der Waals surface area (Å²) in [5.41, 5.74) is 1.88. The monoisotopic (exact) mass is 228 g/mol. The summed E-state index contributed by atoms with van der Waals surface area (Å²) >= 11 is 3.32. The van der Waals surface area contributed by atoms with Gasteiger partial charge in [0.25, 0.3) is 0 Å². The normalized spacial score (nSPS) is 22.8. The van der Waals surface area contributed by atoms with Gasteiger partial charge >= 0.3 is 0 Å². The molecule has 4 heteroatoms. The van der Waals surface area contributed by atoms with Crippen molar-refractivity contribution in [1.29, 1.82) is 0 Å². The summed E-state index contributed by atoms with van der Waals surface area (Å²) in [5, 5.41) is 9.64. The van der Waals surface area contributed by atoms with Crippen molar-refractivity contribution in [2.45, 2.75) is 12.8 Å². The molecule has 1 aromatic heterocycles. The first kappa shape index (κ1) is 8.16. The van der Waals surface area contributed by atoms with Crippen LogP contribution in [-0.4, -0.2) is 22.0 Å².